The SMILES string of the molecule is CCCCCCc1nc2c(s1)-c1ccc(C3CCC(N)C3)cc1CC2.COP(O)O. The summed E-state index contributed by atoms with van der Waals surface area (Å²) in [7, 11) is -0.870. The number of hydrogen-bond acceptors (Lipinski definition) is 6. The Hall–Kier alpha value is -0.880. The lowest BCUT2D eigenvalue weighted by Crippen LogP contribution is -2.14. The fourth-order valence-electron chi connectivity index (χ4n) is 4.46. The summed E-state index contributed by atoms with van der Waals surface area (Å²) >= 11 is 1.94. The normalized spacial score (nSPS) is 19.9. The third-order valence-electron chi connectivity index (χ3n) is 6.10. The highest BCUT2D eigenvalue weighted by Crippen LogP contribution is 2.41. The first-order valence-corrected chi connectivity index (χ1v) is 13.1. The molecule has 1 aromatic carbocycles. The maximum Gasteiger partial charge on any atom is 0.326 e. The van der Waals surface area contributed by atoms with Gasteiger partial charge < -0.3 is 20.0 Å². The predicted molar refractivity (Wildman–Crippen MR) is 126 cm³/mol. The quantitative estimate of drug-likeness (QED) is 0.384. The van der Waals surface area contributed by atoms with Crippen molar-refractivity contribution in [2.45, 2.75) is 83.1 Å². The van der Waals surface area contributed by atoms with Gasteiger partial charge in [-0.05, 0) is 67.6 Å². The highest BCUT2D eigenvalue weighted by Gasteiger charge is 2.26. The molecule has 5 nitrogen and oxygen atoms in total. The molecule has 4 N–H and O–H groups in total. The van der Waals surface area contributed by atoms with Gasteiger partial charge in [-0.2, -0.15) is 0 Å². The molecule has 166 valence electrons. The van der Waals surface area contributed by atoms with Gasteiger partial charge in [-0.1, -0.05) is 44.4 Å². The van der Waals surface area contributed by atoms with Crippen molar-refractivity contribution in [3.63, 3.8) is 0 Å². The Labute approximate surface area is 185 Å². The Morgan fingerprint density at radius 1 is 1.20 bits per heavy atom. The van der Waals surface area contributed by atoms with Gasteiger partial charge in [0.2, 0.25) is 0 Å². The number of nitrogens with two attached hydrogens (primary N) is 1. The smallest absolute Gasteiger partial charge is 0.326 e. The van der Waals surface area contributed by atoms with E-state index >= 15 is 0 Å². The Bertz CT molecular complexity index is 812. The van der Waals surface area contributed by atoms with Gasteiger partial charge in [0.1, 0.15) is 0 Å². The van der Waals surface area contributed by atoms with Crippen molar-refractivity contribution in [2.75, 3.05) is 7.11 Å². The first-order chi connectivity index (χ1) is 14.5. The summed E-state index contributed by atoms with van der Waals surface area (Å²) in [4.78, 5) is 21.9. The van der Waals surface area contributed by atoms with Gasteiger partial charge in [0.05, 0.1) is 15.6 Å². The second-order valence-electron chi connectivity index (χ2n) is 8.32. The molecule has 30 heavy (non-hydrogen) atoms. The van der Waals surface area contributed by atoms with Crippen molar-refractivity contribution in [3.8, 4) is 10.4 Å². The first-order valence-electron chi connectivity index (χ1n) is 11.1. The molecule has 2 atom stereocenters. The monoisotopic (exact) mass is 450 g/mol. The van der Waals surface area contributed by atoms with Gasteiger partial charge in [0, 0.05) is 13.2 Å². The van der Waals surface area contributed by atoms with Gasteiger partial charge in [-0.15, -0.1) is 11.3 Å². The summed E-state index contributed by atoms with van der Waals surface area (Å²) in [5.74, 6) is 0.678. The Balaban J connectivity index is 0.000000461. The zero-order valence-corrected chi connectivity index (χ0v) is 19.9. The molecule has 1 aromatic heterocycles. The summed E-state index contributed by atoms with van der Waals surface area (Å²) in [6.45, 7) is 2.27. The Kier molecular flexibility index (Phi) is 9.24. The van der Waals surface area contributed by atoms with Gasteiger partial charge in [0.25, 0.3) is 0 Å². The van der Waals surface area contributed by atoms with E-state index in [9.17, 15) is 0 Å². The zero-order chi connectivity index (χ0) is 21.5. The largest absolute Gasteiger partial charge is 0.328 e. The van der Waals surface area contributed by atoms with Gasteiger partial charge in [-0.3, -0.25) is 0 Å². The standard InChI is InChI=1S/C22H30N2S.CH5O3P/c1-2-3-4-5-6-21-24-20-12-9-17-13-15(16-7-10-18(23)14-16)8-11-19(17)22(20)25-21;1-4-5(2)3/h8,11,13,16,18H,2-7,9-10,12,14,23H2,1H3;2-3H,1H3. The zero-order valence-electron chi connectivity index (χ0n) is 18.1. The highest BCUT2D eigenvalue weighted by molar-refractivity contribution is 7.39. The van der Waals surface area contributed by atoms with Crippen LogP contribution >= 0.6 is 19.9 Å². The molecule has 1 fully saturated rings. The minimum Gasteiger partial charge on any atom is -0.328 e. The fraction of sp³-hybridized carbons (Fsp3) is 0.609. The van der Waals surface area contributed by atoms with Crippen molar-refractivity contribution in [1.29, 1.82) is 0 Å². The van der Waals surface area contributed by atoms with Crippen LogP contribution < -0.4 is 5.73 Å². The van der Waals surface area contributed by atoms with Crippen molar-refractivity contribution < 1.29 is 14.3 Å². The molecular weight excluding hydrogens is 415 g/mol. The molecule has 2 aliphatic carbocycles. The number of thiazole rings is 1. The molecule has 0 bridgehead atoms. The van der Waals surface area contributed by atoms with Crippen molar-refractivity contribution in [3.05, 3.63) is 40.0 Å². The van der Waals surface area contributed by atoms with Crippen LogP contribution in [0.4, 0.5) is 0 Å². The lowest BCUT2D eigenvalue weighted by molar-refractivity contribution is 0.310. The molecule has 0 radical (unpaired) electrons. The minimum absolute atomic E-state index is 0.407. The number of nitrogens with zero attached hydrogens (tertiary/aromatic N) is 1. The van der Waals surface area contributed by atoms with Crippen LogP contribution in [0.25, 0.3) is 10.4 Å². The molecule has 4 rings (SSSR count). The third-order valence-corrected chi connectivity index (χ3v) is 7.62. The van der Waals surface area contributed by atoms with Crippen LogP contribution in [0.1, 0.15) is 79.6 Å². The number of rotatable bonds is 7. The first kappa shape index (κ1) is 23.8. The van der Waals surface area contributed by atoms with E-state index in [0.717, 1.165) is 25.7 Å². The molecule has 0 saturated heterocycles. The van der Waals surface area contributed by atoms with E-state index in [1.54, 1.807) is 0 Å². The second kappa shape index (κ2) is 11.7. The molecular formula is C23H35N2O3PS. The average Bonchev–Trinajstić information content (AvgIpc) is 3.37. The highest BCUT2D eigenvalue weighted by atomic mass is 32.1. The summed E-state index contributed by atoms with van der Waals surface area (Å²) in [6.07, 6.45) is 12.3. The van der Waals surface area contributed by atoms with E-state index < -0.39 is 8.60 Å². The van der Waals surface area contributed by atoms with E-state index in [4.69, 9.17) is 20.5 Å². The number of hydrogen-bond donors (Lipinski definition) is 3. The lowest BCUT2D eigenvalue weighted by atomic mass is 9.88. The van der Waals surface area contributed by atoms with E-state index in [1.807, 2.05) is 11.3 Å². The molecule has 0 spiro atoms. The summed E-state index contributed by atoms with van der Waals surface area (Å²) < 4.78 is 3.93. The van der Waals surface area contributed by atoms with E-state index in [1.165, 1.54) is 77.9 Å². The Morgan fingerprint density at radius 3 is 2.67 bits per heavy atom. The maximum absolute atomic E-state index is 7.76. The minimum atomic E-state index is -2.10. The van der Waals surface area contributed by atoms with Crippen molar-refractivity contribution >= 4 is 19.9 Å². The van der Waals surface area contributed by atoms with Crippen molar-refractivity contribution in [2.24, 2.45) is 5.73 Å². The number of benzene rings is 1. The van der Waals surface area contributed by atoms with Crippen LogP contribution in [0.3, 0.4) is 0 Å². The predicted octanol–water partition coefficient (Wildman–Crippen LogP) is 5.47. The third kappa shape index (κ3) is 6.32. The summed E-state index contributed by atoms with van der Waals surface area (Å²) in [6, 6.07) is 7.61. The number of fused-ring (bicyclic) bond motifs is 3. The fourth-order valence-corrected chi connectivity index (χ4v) is 5.67. The number of unbranched alkanes of at least 4 members (excludes halogenated alkanes) is 3. The van der Waals surface area contributed by atoms with Crippen molar-refractivity contribution in [1.82, 2.24) is 4.98 Å². The summed E-state index contributed by atoms with van der Waals surface area (Å²) in [5.41, 5.74) is 12.0. The topological polar surface area (TPSA) is 88.6 Å². The van der Waals surface area contributed by atoms with Crippen LogP contribution in [0, 0.1) is 0 Å². The van der Waals surface area contributed by atoms with Crippen LogP contribution in [0.5, 0.6) is 0 Å². The van der Waals surface area contributed by atoms with E-state index in [-0.39, 0.29) is 0 Å². The molecule has 1 heterocycles. The van der Waals surface area contributed by atoms with Gasteiger partial charge >= 0.3 is 8.60 Å². The average molecular weight is 451 g/mol. The molecule has 0 amide bonds. The van der Waals surface area contributed by atoms with E-state index in [0.29, 0.717) is 12.0 Å². The molecule has 0 aliphatic heterocycles. The van der Waals surface area contributed by atoms with Gasteiger partial charge in [0.15, 0.2) is 0 Å². The molecule has 2 aromatic rings. The molecule has 1 saturated carbocycles. The molecule has 2 unspecified atom stereocenters. The number of aryl methyl sites for hydroxylation is 3. The van der Waals surface area contributed by atoms with Gasteiger partial charge in [-0.25, -0.2) is 4.98 Å². The van der Waals surface area contributed by atoms with Crippen LogP contribution in [0.2, 0.25) is 0 Å². The molecule has 2 aliphatic rings. The van der Waals surface area contributed by atoms with Crippen LogP contribution in [-0.2, 0) is 23.8 Å². The lowest BCUT2D eigenvalue weighted by Gasteiger charge is -2.18. The maximum atomic E-state index is 7.76. The molecule has 7 heteroatoms. The van der Waals surface area contributed by atoms with Crippen LogP contribution in [-0.4, -0.2) is 27.9 Å². The van der Waals surface area contributed by atoms with E-state index in [2.05, 4.69) is 29.6 Å². The second-order valence-corrected chi connectivity index (χ2v) is 10.3. The summed E-state index contributed by atoms with van der Waals surface area (Å²) in [5, 5.41) is 1.35. The van der Waals surface area contributed by atoms with Crippen LogP contribution in [0.15, 0.2) is 18.2 Å². The Morgan fingerprint density at radius 2 is 2.00 bits per heavy atom. The number of aromatic nitrogens is 1.